The molecule has 2 aliphatic heterocycles. The summed E-state index contributed by atoms with van der Waals surface area (Å²) in [5.74, 6) is -2.62. The van der Waals surface area contributed by atoms with E-state index in [1.807, 2.05) is 6.92 Å². The van der Waals surface area contributed by atoms with E-state index in [0.29, 0.717) is 6.42 Å². The average Bonchev–Trinajstić information content (AvgIpc) is 2.92. The topological polar surface area (TPSA) is 111 Å². The third kappa shape index (κ3) is 2.84. The Morgan fingerprint density at radius 3 is 2.43 bits per heavy atom. The van der Waals surface area contributed by atoms with Crippen molar-refractivity contribution in [3.8, 4) is 0 Å². The fourth-order valence-electron chi connectivity index (χ4n) is 2.20. The molecule has 0 aliphatic carbocycles. The van der Waals surface area contributed by atoms with Gasteiger partial charge >= 0.3 is 11.9 Å². The number of hydrogen-bond donors (Lipinski definition) is 0. The van der Waals surface area contributed by atoms with Gasteiger partial charge in [-0.05, 0) is 12.8 Å². The van der Waals surface area contributed by atoms with Crippen LogP contribution in [0.5, 0.6) is 0 Å². The number of esters is 2. The van der Waals surface area contributed by atoms with E-state index in [2.05, 4.69) is 15.0 Å². The minimum atomic E-state index is -1.71. The van der Waals surface area contributed by atoms with E-state index >= 15 is 0 Å². The minimum Gasteiger partial charge on any atom is -0.456 e. The Morgan fingerprint density at radius 1 is 1.14 bits per heavy atom. The first-order valence-corrected chi connectivity index (χ1v) is 6.83. The van der Waals surface area contributed by atoms with Gasteiger partial charge in [-0.25, -0.2) is 9.59 Å². The Bertz CT molecular complexity index is 481. The van der Waals surface area contributed by atoms with E-state index in [4.69, 9.17) is 4.74 Å². The van der Waals surface area contributed by atoms with Crippen molar-refractivity contribution in [1.29, 1.82) is 0 Å². The van der Waals surface area contributed by atoms with Crippen molar-refractivity contribution in [2.45, 2.75) is 44.2 Å². The predicted molar refractivity (Wildman–Crippen MR) is 67.4 cm³/mol. The highest BCUT2D eigenvalue weighted by Gasteiger charge is 2.53. The average molecular weight is 296 g/mol. The third-order valence-corrected chi connectivity index (χ3v) is 3.50. The molecular weight excluding hydrogens is 280 g/mol. The van der Waals surface area contributed by atoms with Crippen molar-refractivity contribution >= 4 is 23.5 Å². The molecule has 0 aromatic heterocycles. The third-order valence-electron chi connectivity index (χ3n) is 3.50. The lowest BCUT2D eigenvalue weighted by Gasteiger charge is -2.16. The van der Waals surface area contributed by atoms with Gasteiger partial charge in [0.2, 0.25) is 23.1 Å². The number of carbonyl (C=O) groups is 4. The molecule has 114 valence electrons. The quantitative estimate of drug-likeness (QED) is 0.303. The molecule has 2 atom stereocenters. The molecule has 2 fully saturated rings. The number of carbonyl (C=O) groups excluding carboxylic acids is 4. The van der Waals surface area contributed by atoms with Gasteiger partial charge in [-0.1, -0.05) is 19.8 Å². The van der Waals surface area contributed by atoms with Gasteiger partial charge in [0, 0.05) is 0 Å². The van der Waals surface area contributed by atoms with Crippen LogP contribution in [0.1, 0.15) is 32.6 Å². The van der Waals surface area contributed by atoms with Gasteiger partial charge in [-0.3, -0.25) is 9.59 Å². The second kappa shape index (κ2) is 6.11. The zero-order valence-electron chi connectivity index (χ0n) is 11.7. The molecule has 8 nitrogen and oxygen atoms in total. The molecule has 2 unspecified atom stereocenters. The fourth-order valence-corrected chi connectivity index (χ4v) is 2.20. The van der Waals surface area contributed by atoms with E-state index in [9.17, 15) is 19.2 Å². The van der Waals surface area contributed by atoms with Crippen LogP contribution in [0.2, 0.25) is 0 Å². The molecule has 0 spiro atoms. The molecule has 0 aromatic carbocycles. The molecule has 0 radical (unpaired) electrons. The Labute approximate surface area is 120 Å². The summed E-state index contributed by atoms with van der Waals surface area (Å²) in [6, 6.07) is -1.38. The number of cyclic esters (lactones) is 2. The van der Waals surface area contributed by atoms with Crippen LogP contribution in [0, 0.1) is 0 Å². The number of hydrogen-bond acceptors (Lipinski definition) is 8. The molecule has 0 aromatic rings. The van der Waals surface area contributed by atoms with Gasteiger partial charge in [0.1, 0.15) is 0 Å². The highest BCUT2D eigenvalue weighted by Crippen LogP contribution is 2.29. The molecule has 0 amide bonds. The van der Waals surface area contributed by atoms with Gasteiger partial charge in [-0.2, -0.15) is 10.2 Å². The van der Waals surface area contributed by atoms with Crippen LogP contribution < -0.4 is 0 Å². The predicted octanol–water partition coefficient (Wildman–Crippen LogP) is 0.378. The fraction of sp³-hybridized carbons (Fsp3) is 0.692. The summed E-state index contributed by atoms with van der Waals surface area (Å²) >= 11 is 0. The highest BCUT2D eigenvalue weighted by molar-refractivity contribution is 6.13. The molecular formula is C13H16N2O6. The molecule has 2 saturated heterocycles. The van der Waals surface area contributed by atoms with Crippen LogP contribution in [0.15, 0.2) is 10.2 Å². The van der Waals surface area contributed by atoms with Crippen molar-refractivity contribution in [3.05, 3.63) is 0 Å². The zero-order valence-corrected chi connectivity index (χ0v) is 11.7. The second-order valence-corrected chi connectivity index (χ2v) is 5.01. The molecule has 0 N–H and O–H groups in total. The van der Waals surface area contributed by atoms with Crippen LogP contribution in [0.3, 0.4) is 0 Å². The lowest BCUT2D eigenvalue weighted by atomic mass is 9.90. The van der Waals surface area contributed by atoms with E-state index in [0.717, 1.165) is 12.8 Å². The van der Waals surface area contributed by atoms with E-state index in [-0.39, 0.29) is 19.6 Å². The Hall–Kier alpha value is -2.12. The summed E-state index contributed by atoms with van der Waals surface area (Å²) in [4.78, 5) is 46.6. The van der Waals surface area contributed by atoms with Crippen LogP contribution in [-0.4, -0.2) is 48.3 Å². The van der Waals surface area contributed by atoms with E-state index < -0.39 is 35.1 Å². The van der Waals surface area contributed by atoms with Crippen molar-refractivity contribution < 1.29 is 28.7 Å². The number of azo groups is 1. The van der Waals surface area contributed by atoms with Crippen LogP contribution in [-0.2, 0) is 28.7 Å². The largest absolute Gasteiger partial charge is 0.456 e. The maximum absolute atomic E-state index is 12.0. The molecule has 2 heterocycles. The Morgan fingerprint density at radius 2 is 1.90 bits per heavy atom. The molecule has 21 heavy (non-hydrogen) atoms. The van der Waals surface area contributed by atoms with Crippen molar-refractivity contribution in [2.24, 2.45) is 10.2 Å². The summed E-state index contributed by atoms with van der Waals surface area (Å²) in [5, 5.41) is 7.35. The Balaban J connectivity index is 2.20. The maximum atomic E-state index is 12.0. The second-order valence-electron chi connectivity index (χ2n) is 5.01. The molecule has 0 bridgehead atoms. The zero-order chi connectivity index (χ0) is 15.5. The van der Waals surface area contributed by atoms with Gasteiger partial charge in [-0.15, -0.1) is 0 Å². The number of rotatable bonds is 6. The monoisotopic (exact) mass is 296 g/mol. The molecule has 2 rings (SSSR count). The maximum Gasteiger partial charge on any atom is 0.344 e. The number of unbranched alkanes of at least 4 members (excludes halogenated alkanes) is 2. The smallest absolute Gasteiger partial charge is 0.344 e. The minimum absolute atomic E-state index is 0.165. The lowest BCUT2D eigenvalue weighted by Crippen LogP contribution is -2.39. The van der Waals surface area contributed by atoms with Gasteiger partial charge in [0.05, 0.1) is 0 Å². The SMILES string of the molecule is CCCCCC1(N=NC2C(=O)COC2=O)C(=O)COC1=O. The van der Waals surface area contributed by atoms with Gasteiger partial charge in [0.25, 0.3) is 0 Å². The van der Waals surface area contributed by atoms with E-state index in [1.165, 1.54) is 0 Å². The molecule has 0 saturated carbocycles. The summed E-state index contributed by atoms with van der Waals surface area (Å²) in [6.07, 6.45) is 2.49. The highest BCUT2D eigenvalue weighted by atomic mass is 16.6. The first-order chi connectivity index (χ1) is 10.0. The summed E-state index contributed by atoms with van der Waals surface area (Å²) < 4.78 is 9.27. The van der Waals surface area contributed by atoms with Crippen molar-refractivity contribution in [1.82, 2.24) is 0 Å². The van der Waals surface area contributed by atoms with Gasteiger partial charge in [0.15, 0.2) is 13.2 Å². The molecule has 8 heteroatoms. The number of Topliss-reactive ketones (excluding diaryl/α,β-unsaturated/α-hetero) is 2. The Kier molecular flexibility index (Phi) is 4.44. The number of ketones is 2. The van der Waals surface area contributed by atoms with Gasteiger partial charge < -0.3 is 9.47 Å². The summed E-state index contributed by atoms with van der Waals surface area (Å²) in [6.45, 7) is 1.27. The summed E-state index contributed by atoms with van der Waals surface area (Å²) in [7, 11) is 0. The lowest BCUT2D eigenvalue weighted by molar-refractivity contribution is -0.143. The van der Waals surface area contributed by atoms with Crippen molar-refractivity contribution in [3.63, 3.8) is 0 Å². The summed E-state index contributed by atoms with van der Waals surface area (Å²) in [5.41, 5.74) is -1.71. The number of nitrogens with zero attached hydrogens (tertiary/aromatic N) is 2. The normalized spacial score (nSPS) is 29.3. The van der Waals surface area contributed by atoms with E-state index in [1.54, 1.807) is 0 Å². The molecule has 2 aliphatic rings. The number of ether oxygens (including phenoxy) is 2. The first kappa shape index (κ1) is 15.3. The first-order valence-electron chi connectivity index (χ1n) is 6.83. The standard InChI is InChI=1S/C13H16N2O6/c1-2-3-4-5-13(9(17)7-21-12(13)19)15-14-10-8(16)6-20-11(10)18/h10H,2-7H2,1H3. The van der Waals surface area contributed by atoms with Crippen LogP contribution >= 0.6 is 0 Å². The van der Waals surface area contributed by atoms with Crippen LogP contribution in [0.25, 0.3) is 0 Å². The van der Waals surface area contributed by atoms with Crippen molar-refractivity contribution in [2.75, 3.05) is 13.2 Å². The van der Waals surface area contributed by atoms with Crippen LogP contribution in [0.4, 0.5) is 0 Å².